The zero-order valence-electron chi connectivity index (χ0n) is 12.3. The molecule has 2 aliphatic rings. The van der Waals surface area contributed by atoms with E-state index >= 15 is 0 Å². The largest absolute Gasteiger partial charge is 0.322 e. The zero-order valence-corrected chi connectivity index (χ0v) is 12.3. The van der Waals surface area contributed by atoms with Crippen molar-refractivity contribution >= 4 is 0 Å². The minimum Gasteiger partial charge on any atom is -0.322 e. The first kappa shape index (κ1) is 13.2. The Hall–Kier alpha value is -0.820. The first-order valence-electron chi connectivity index (χ1n) is 7.99. The van der Waals surface area contributed by atoms with Crippen molar-refractivity contribution in [2.75, 3.05) is 20.1 Å². The molecule has 1 aromatic rings. The fraction of sp³-hybridized carbons (Fsp3) is 0.611. The molecule has 1 radical (unpaired) electrons. The highest BCUT2D eigenvalue weighted by Crippen LogP contribution is 2.32. The summed E-state index contributed by atoms with van der Waals surface area (Å²) in [5.41, 5.74) is 3.09. The van der Waals surface area contributed by atoms with Gasteiger partial charge < -0.3 is 4.48 Å². The molecule has 0 amide bonds. The second kappa shape index (κ2) is 5.66. The number of benzene rings is 1. The molecule has 0 bridgehead atoms. The Kier molecular flexibility index (Phi) is 3.93. The maximum atomic E-state index is 2.45. The molecule has 19 heavy (non-hydrogen) atoms. The minimum atomic E-state index is 0.815. The lowest BCUT2D eigenvalue weighted by atomic mass is 9.84. The fourth-order valence-corrected chi connectivity index (χ4v) is 3.85. The lowest BCUT2D eigenvalue weighted by molar-refractivity contribution is -0.910. The second-order valence-corrected chi connectivity index (χ2v) is 6.81. The molecule has 0 unspecified atom stereocenters. The molecule has 1 saturated heterocycles. The Morgan fingerprint density at radius 3 is 2.26 bits per heavy atom. The van der Waals surface area contributed by atoms with Crippen molar-refractivity contribution in [1.82, 2.24) is 0 Å². The number of hydrogen-bond donors (Lipinski definition) is 0. The summed E-state index contributed by atoms with van der Waals surface area (Å²) >= 11 is 0. The molecule has 2 fully saturated rings. The van der Waals surface area contributed by atoms with Crippen molar-refractivity contribution in [2.24, 2.45) is 0 Å². The average Bonchev–Trinajstić information content (AvgIpc) is 2.87. The number of likely N-dealkylation sites (tertiary alicyclic amines) is 1. The molecule has 0 aromatic heterocycles. The minimum absolute atomic E-state index is 0.815. The Balaban J connectivity index is 1.65. The standard InChI is InChI=1S/C18H27N/c1-19(13-5-6-14-19)15-16-9-11-18(12-10-16)17-7-3-2-4-8-17/h2,9-12,17H,3-8,13-15H2,1H3/q+1. The summed E-state index contributed by atoms with van der Waals surface area (Å²) in [5, 5.41) is 0. The average molecular weight is 257 g/mol. The molecule has 1 saturated carbocycles. The topological polar surface area (TPSA) is 0 Å². The van der Waals surface area contributed by atoms with Gasteiger partial charge in [-0.2, -0.15) is 0 Å². The smallest absolute Gasteiger partial charge is 0.104 e. The highest BCUT2D eigenvalue weighted by molar-refractivity contribution is 5.25. The Bertz CT molecular complexity index is 394. The third-order valence-corrected chi connectivity index (χ3v) is 5.10. The zero-order chi connectivity index (χ0) is 13.1. The van der Waals surface area contributed by atoms with Crippen LogP contribution in [-0.4, -0.2) is 24.6 Å². The van der Waals surface area contributed by atoms with Gasteiger partial charge in [0, 0.05) is 18.4 Å². The first-order valence-corrected chi connectivity index (χ1v) is 7.99. The molecule has 0 spiro atoms. The molecule has 1 aliphatic heterocycles. The van der Waals surface area contributed by atoms with Crippen LogP contribution in [0.15, 0.2) is 24.3 Å². The third kappa shape index (κ3) is 3.20. The molecular formula is C18H27N+. The van der Waals surface area contributed by atoms with Crippen molar-refractivity contribution in [2.45, 2.75) is 51.0 Å². The van der Waals surface area contributed by atoms with Gasteiger partial charge >= 0.3 is 0 Å². The summed E-state index contributed by atoms with van der Waals surface area (Å²) in [6.07, 6.45) is 10.6. The first-order chi connectivity index (χ1) is 9.25. The summed E-state index contributed by atoms with van der Waals surface area (Å²) in [6, 6.07) is 9.56. The van der Waals surface area contributed by atoms with Crippen molar-refractivity contribution in [1.29, 1.82) is 0 Å². The summed E-state index contributed by atoms with van der Waals surface area (Å²) in [4.78, 5) is 0. The van der Waals surface area contributed by atoms with Gasteiger partial charge in [-0.05, 0) is 43.6 Å². The van der Waals surface area contributed by atoms with E-state index in [1.807, 2.05) is 0 Å². The van der Waals surface area contributed by atoms with Gasteiger partial charge in [0.15, 0.2) is 0 Å². The van der Waals surface area contributed by atoms with Crippen LogP contribution in [0.4, 0.5) is 0 Å². The molecule has 3 rings (SSSR count). The highest BCUT2D eigenvalue weighted by Gasteiger charge is 2.26. The van der Waals surface area contributed by atoms with Gasteiger partial charge in [-0.15, -0.1) is 0 Å². The summed E-state index contributed by atoms with van der Waals surface area (Å²) in [5.74, 6) is 0.815. The van der Waals surface area contributed by atoms with Crippen molar-refractivity contribution in [3.63, 3.8) is 0 Å². The molecule has 0 atom stereocenters. The van der Waals surface area contributed by atoms with Crippen LogP contribution in [-0.2, 0) is 6.54 Å². The Labute approximate surface area is 118 Å². The van der Waals surface area contributed by atoms with Gasteiger partial charge in [0.1, 0.15) is 6.54 Å². The Morgan fingerprint density at radius 1 is 1.00 bits per heavy atom. The van der Waals surface area contributed by atoms with Crippen molar-refractivity contribution < 1.29 is 4.48 Å². The molecular weight excluding hydrogens is 230 g/mol. The van der Waals surface area contributed by atoms with E-state index in [9.17, 15) is 0 Å². The molecule has 1 nitrogen and oxygen atoms in total. The number of nitrogens with zero attached hydrogens (tertiary/aromatic N) is 1. The van der Waals surface area contributed by atoms with Crippen LogP contribution in [0.2, 0.25) is 0 Å². The van der Waals surface area contributed by atoms with Crippen LogP contribution in [0.3, 0.4) is 0 Å². The Morgan fingerprint density at radius 2 is 1.63 bits per heavy atom. The third-order valence-electron chi connectivity index (χ3n) is 5.10. The van der Waals surface area contributed by atoms with Gasteiger partial charge in [-0.25, -0.2) is 0 Å². The SMILES string of the molecule is C[N+]1(Cc2ccc(C3CC[CH]CC3)cc2)CCCC1. The van der Waals surface area contributed by atoms with Crippen molar-refractivity contribution in [3.8, 4) is 0 Å². The van der Waals surface area contributed by atoms with Gasteiger partial charge in [-0.3, -0.25) is 0 Å². The van der Waals surface area contributed by atoms with E-state index in [1.165, 1.54) is 68.2 Å². The van der Waals surface area contributed by atoms with Crippen LogP contribution in [0.1, 0.15) is 55.6 Å². The molecule has 103 valence electrons. The predicted molar refractivity (Wildman–Crippen MR) is 80.8 cm³/mol. The van der Waals surface area contributed by atoms with Crippen LogP contribution >= 0.6 is 0 Å². The second-order valence-electron chi connectivity index (χ2n) is 6.81. The predicted octanol–water partition coefficient (Wildman–Crippen LogP) is 4.29. The quantitative estimate of drug-likeness (QED) is 0.709. The number of rotatable bonds is 3. The molecule has 1 heterocycles. The normalized spacial score (nSPS) is 23.6. The number of hydrogen-bond acceptors (Lipinski definition) is 0. The summed E-state index contributed by atoms with van der Waals surface area (Å²) in [6.45, 7) is 3.94. The van der Waals surface area contributed by atoms with Crippen LogP contribution in [0, 0.1) is 6.42 Å². The van der Waals surface area contributed by atoms with E-state index in [4.69, 9.17) is 0 Å². The monoisotopic (exact) mass is 257 g/mol. The molecule has 1 aliphatic carbocycles. The maximum Gasteiger partial charge on any atom is 0.104 e. The lowest BCUT2D eigenvalue weighted by Crippen LogP contribution is -2.39. The maximum absolute atomic E-state index is 2.45. The van der Waals surface area contributed by atoms with Crippen LogP contribution in [0.5, 0.6) is 0 Å². The van der Waals surface area contributed by atoms with Crippen LogP contribution in [0.25, 0.3) is 0 Å². The van der Waals surface area contributed by atoms with Gasteiger partial charge in [-0.1, -0.05) is 24.3 Å². The number of quaternary nitrogens is 1. The molecule has 1 heteroatoms. The van der Waals surface area contributed by atoms with Gasteiger partial charge in [0.25, 0.3) is 0 Å². The van der Waals surface area contributed by atoms with E-state index in [0.29, 0.717) is 0 Å². The highest BCUT2D eigenvalue weighted by atomic mass is 15.3. The molecule has 0 N–H and O–H groups in total. The van der Waals surface area contributed by atoms with Crippen molar-refractivity contribution in [3.05, 3.63) is 41.8 Å². The van der Waals surface area contributed by atoms with E-state index in [1.54, 1.807) is 5.56 Å². The molecule has 1 aromatic carbocycles. The van der Waals surface area contributed by atoms with E-state index < -0.39 is 0 Å². The van der Waals surface area contributed by atoms with Crippen LogP contribution < -0.4 is 0 Å². The summed E-state index contributed by atoms with van der Waals surface area (Å²) < 4.78 is 1.25. The summed E-state index contributed by atoms with van der Waals surface area (Å²) in [7, 11) is 2.41. The van der Waals surface area contributed by atoms with E-state index in [2.05, 4.69) is 37.7 Å². The lowest BCUT2D eigenvalue weighted by Gasteiger charge is -2.29. The van der Waals surface area contributed by atoms with E-state index in [-0.39, 0.29) is 0 Å². The van der Waals surface area contributed by atoms with E-state index in [0.717, 1.165) is 5.92 Å². The van der Waals surface area contributed by atoms with Gasteiger partial charge in [0.2, 0.25) is 0 Å². The fourth-order valence-electron chi connectivity index (χ4n) is 3.85. The van der Waals surface area contributed by atoms with Gasteiger partial charge in [0.05, 0.1) is 20.1 Å².